The molecule has 12 nitrogen and oxygen atoms in total. The maximum absolute atomic E-state index is 13.3. The van der Waals surface area contributed by atoms with Crippen LogP contribution in [-0.4, -0.2) is 88.3 Å². The average molecular weight is 681 g/mol. The van der Waals surface area contributed by atoms with Crippen molar-refractivity contribution in [3.63, 3.8) is 0 Å². The number of aryl methyl sites for hydroxylation is 2. The molecule has 0 spiro atoms. The lowest BCUT2D eigenvalue weighted by Gasteiger charge is -2.31. The van der Waals surface area contributed by atoms with Gasteiger partial charge in [0.25, 0.3) is 5.56 Å². The van der Waals surface area contributed by atoms with E-state index >= 15 is 0 Å². The van der Waals surface area contributed by atoms with Crippen LogP contribution in [0, 0.1) is 5.92 Å². The van der Waals surface area contributed by atoms with Crippen molar-refractivity contribution in [1.29, 1.82) is 0 Å². The minimum Gasteiger partial charge on any atom is -0.493 e. The first-order valence-corrected chi connectivity index (χ1v) is 17.9. The third-order valence-electron chi connectivity index (χ3n) is 8.35. The molecule has 1 aliphatic heterocycles. The van der Waals surface area contributed by atoms with Crippen molar-refractivity contribution in [2.24, 2.45) is 13.0 Å². The first-order chi connectivity index (χ1) is 22.8. The van der Waals surface area contributed by atoms with Crippen LogP contribution in [0.1, 0.15) is 63.8 Å². The second kappa shape index (κ2) is 15.9. The normalized spacial score (nSPS) is 14.9. The zero-order valence-electron chi connectivity index (χ0n) is 29.0. The summed E-state index contributed by atoms with van der Waals surface area (Å²) in [5.74, 6) is 0.160. The molecule has 0 saturated carbocycles. The van der Waals surface area contributed by atoms with Crippen molar-refractivity contribution >= 4 is 27.0 Å². The van der Waals surface area contributed by atoms with Crippen LogP contribution in [0.15, 0.2) is 52.2 Å². The summed E-state index contributed by atoms with van der Waals surface area (Å²) in [6, 6.07) is 12.6. The number of hydrogen-bond donors (Lipinski definition) is 2. The molecule has 2 aromatic heterocycles. The number of rotatable bonds is 11. The molecule has 48 heavy (non-hydrogen) atoms. The highest BCUT2D eigenvalue weighted by molar-refractivity contribution is 7.89. The predicted octanol–water partition coefficient (Wildman–Crippen LogP) is 4.68. The van der Waals surface area contributed by atoms with Gasteiger partial charge in [-0.25, -0.2) is 13.4 Å². The molecule has 0 aliphatic carbocycles. The first-order valence-electron chi connectivity index (χ1n) is 16.5. The van der Waals surface area contributed by atoms with Gasteiger partial charge in [0.15, 0.2) is 5.52 Å². The lowest BCUT2D eigenvalue weighted by molar-refractivity contribution is -0.138. The SMILES string of the molecule is CC(C)Cc1ccc(C(C)C(=O)O)cc1.CCCc1nn(C)c2c(=O)[nH]c(-c3cc(S(=O)(=O)N4CCN(C)CC4)ccc3OCC)nc12. The topological polar surface area (TPSA) is 151 Å². The number of nitrogens with zero attached hydrogens (tertiary/aromatic N) is 5. The van der Waals surface area contributed by atoms with Gasteiger partial charge in [-0.15, -0.1) is 0 Å². The minimum absolute atomic E-state index is 0.147. The van der Waals surface area contributed by atoms with E-state index in [4.69, 9.17) is 14.8 Å². The highest BCUT2D eigenvalue weighted by Gasteiger charge is 2.29. The highest BCUT2D eigenvalue weighted by atomic mass is 32.2. The third kappa shape index (κ3) is 8.50. The van der Waals surface area contributed by atoms with Crippen molar-refractivity contribution in [3.05, 3.63) is 69.6 Å². The van der Waals surface area contributed by atoms with Gasteiger partial charge in [0.05, 0.1) is 28.7 Å². The van der Waals surface area contributed by atoms with Crippen molar-refractivity contribution in [2.75, 3.05) is 39.8 Å². The van der Waals surface area contributed by atoms with E-state index in [1.165, 1.54) is 14.6 Å². The Morgan fingerprint density at radius 1 is 1.02 bits per heavy atom. The number of hydrogen-bond acceptors (Lipinski definition) is 8. The van der Waals surface area contributed by atoms with Crippen LogP contribution in [0.4, 0.5) is 0 Å². The number of likely N-dealkylation sites (N-methyl/N-ethyl adjacent to an activating group) is 1. The smallest absolute Gasteiger partial charge is 0.310 e. The Balaban J connectivity index is 0.000000291. The second-order valence-electron chi connectivity index (χ2n) is 12.6. The maximum atomic E-state index is 13.3. The number of ether oxygens (including phenoxy) is 1. The number of H-pyrrole nitrogens is 1. The molecule has 13 heteroatoms. The summed E-state index contributed by atoms with van der Waals surface area (Å²) in [7, 11) is -0.00831. The van der Waals surface area contributed by atoms with E-state index in [2.05, 4.69) is 28.8 Å². The van der Waals surface area contributed by atoms with Gasteiger partial charge >= 0.3 is 5.97 Å². The van der Waals surface area contributed by atoms with Crippen molar-refractivity contribution < 1.29 is 23.1 Å². The number of carboxylic acid groups (broad SMARTS) is 1. The molecule has 0 bridgehead atoms. The van der Waals surface area contributed by atoms with Crippen molar-refractivity contribution in [3.8, 4) is 17.1 Å². The molecule has 2 aromatic carbocycles. The molecule has 1 saturated heterocycles. The molecule has 2 N–H and O–H groups in total. The summed E-state index contributed by atoms with van der Waals surface area (Å²) in [6.07, 6.45) is 2.59. The fourth-order valence-electron chi connectivity index (χ4n) is 5.65. The Labute approximate surface area is 282 Å². The summed E-state index contributed by atoms with van der Waals surface area (Å²) in [5.41, 5.74) is 3.89. The van der Waals surface area contributed by atoms with Crippen LogP contribution in [0.5, 0.6) is 5.75 Å². The molecule has 0 amide bonds. The fraction of sp³-hybridized carbons (Fsp3) is 0.486. The van der Waals surface area contributed by atoms with Crippen LogP contribution in [-0.2, 0) is 34.7 Å². The van der Waals surface area contributed by atoms with Gasteiger partial charge in [0.1, 0.15) is 17.1 Å². The van der Waals surface area contributed by atoms with E-state index in [0.717, 1.165) is 24.1 Å². The zero-order chi connectivity index (χ0) is 35.2. The number of nitrogens with one attached hydrogen (secondary N) is 1. The third-order valence-corrected chi connectivity index (χ3v) is 10.2. The van der Waals surface area contributed by atoms with Crippen LogP contribution < -0.4 is 10.3 Å². The number of fused-ring (bicyclic) bond motifs is 1. The first kappa shape index (κ1) is 36.8. The van der Waals surface area contributed by atoms with Gasteiger partial charge in [-0.2, -0.15) is 9.40 Å². The lowest BCUT2D eigenvalue weighted by atomic mass is 9.97. The predicted molar refractivity (Wildman–Crippen MR) is 187 cm³/mol. The van der Waals surface area contributed by atoms with Crippen LogP contribution in [0.3, 0.4) is 0 Å². The van der Waals surface area contributed by atoms with Crippen molar-refractivity contribution in [2.45, 2.75) is 64.7 Å². The van der Waals surface area contributed by atoms with E-state index in [0.29, 0.717) is 67.5 Å². The van der Waals surface area contributed by atoms with Gasteiger partial charge in [0, 0.05) is 33.2 Å². The van der Waals surface area contributed by atoms with Crippen LogP contribution >= 0.6 is 0 Å². The minimum atomic E-state index is -3.70. The molecular weight excluding hydrogens is 632 g/mol. The van der Waals surface area contributed by atoms with Gasteiger partial charge in [-0.1, -0.05) is 51.5 Å². The summed E-state index contributed by atoms with van der Waals surface area (Å²) >= 11 is 0. The molecule has 0 radical (unpaired) electrons. The second-order valence-corrected chi connectivity index (χ2v) is 14.6. The standard InChI is InChI=1S/C22H30N6O4S.C13H18O2/c1-5-7-17-19-20(27(4)25-17)22(29)24-21(23-19)16-14-15(8-9-18(16)32-6-2)33(30,31)28-12-10-26(3)11-13-28;1-9(2)8-11-4-6-12(7-5-11)10(3)13(14)15/h8-9,14H,5-7,10-13H2,1-4H3,(H,23,24,29);4-7,9-10H,8H2,1-3H3,(H,14,15). The maximum Gasteiger partial charge on any atom is 0.310 e. The van der Waals surface area contributed by atoms with Crippen LogP contribution in [0.2, 0.25) is 0 Å². The lowest BCUT2D eigenvalue weighted by Crippen LogP contribution is -2.47. The molecular formula is C35H48N6O6S. The number of benzene rings is 2. The molecule has 1 fully saturated rings. The molecule has 1 unspecified atom stereocenters. The average Bonchev–Trinajstić information content (AvgIpc) is 3.36. The Kier molecular flexibility index (Phi) is 12.2. The van der Waals surface area contributed by atoms with Crippen molar-refractivity contribution in [1.82, 2.24) is 29.0 Å². The molecule has 3 heterocycles. The summed E-state index contributed by atoms with van der Waals surface area (Å²) in [4.78, 5) is 33.4. The van der Waals surface area contributed by atoms with Gasteiger partial charge < -0.3 is 19.7 Å². The Bertz CT molecular complexity index is 1880. The molecule has 260 valence electrons. The van der Waals surface area contributed by atoms with Gasteiger partial charge in [-0.3, -0.25) is 14.3 Å². The molecule has 1 atom stereocenters. The molecule has 1 aliphatic rings. The quantitative estimate of drug-likeness (QED) is 0.230. The van der Waals surface area contributed by atoms with Gasteiger partial charge in [-0.05, 0) is 69.0 Å². The van der Waals surface area contributed by atoms with E-state index in [9.17, 15) is 18.0 Å². The van der Waals surface area contributed by atoms with Crippen LogP contribution in [0.25, 0.3) is 22.4 Å². The molecule has 4 aromatic rings. The van der Waals surface area contributed by atoms with E-state index in [-0.39, 0.29) is 16.3 Å². The number of carbonyl (C=O) groups is 1. The Morgan fingerprint density at radius 2 is 1.69 bits per heavy atom. The number of aromatic nitrogens is 4. The largest absolute Gasteiger partial charge is 0.493 e. The Morgan fingerprint density at radius 3 is 2.27 bits per heavy atom. The Hall–Kier alpha value is -4.07. The number of aliphatic carboxylic acids is 1. The van der Waals surface area contributed by atoms with E-state index < -0.39 is 21.9 Å². The number of sulfonamides is 1. The van der Waals surface area contributed by atoms with E-state index in [1.54, 1.807) is 32.2 Å². The monoisotopic (exact) mass is 680 g/mol. The molecule has 5 rings (SSSR count). The summed E-state index contributed by atoms with van der Waals surface area (Å²) in [6.45, 7) is 12.5. The van der Waals surface area contributed by atoms with Gasteiger partial charge in [0.2, 0.25) is 10.0 Å². The summed E-state index contributed by atoms with van der Waals surface area (Å²) < 4.78 is 35.4. The van der Waals surface area contributed by atoms with E-state index in [1.807, 2.05) is 45.2 Å². The number of piperazine rings is 1. The zero-order valence-corrected chi connectivity index (χ0v) is 29.8. The highest BCUT2D eigenvalue weighted by Crippen LogP contribution is 2.32. The number of aromatic amines is 1. The summed E-state index contributed by atoms with van der Waals surface area (Å²) in [5, 5.41) is 13.3. The fourth-order valence-corrected chi connectivity index (χ4v) is 7.10. The number of carboxylic acids is 1.